The lowest BCUT2D eigenvalue weighted by atomic mass is 9.86. The molecular weight excluding hydrogens is 298 g/mol. The highest BCUT2D eigenvalue weighted by Crippen LogP contribution is 2.27. The van der Waals surface area contributed by atoms with Crippen LogP contribution in [0.1, 0.15) is 31.2 Å². The first-order chi connectivity index (χ1) is 10.9. The number of aryl methyl sites for hydroxylation is 1. The van der Waals surface area contributed by atoms with Crippen LogP contribution in [-0.2, 0) is 0 Å². The quantitative estimate of drug-likeness (QED) is 0.658. The number of rotatable bonds is 4. The summed E-state index contributed by atoms with van der Waals surface area (Å²) in [7, 11) is 1.74. The summed E-state index contributed by atoms with van der Waals surface area (Å²) in [6, 6.07) is 4.54. The predicted octanol–water partition coefficient (Wildman–Crippen LogP) is 2.92. The summed E-state index contributed by atoms with van der Waals surface area (Å²) < 4.78 is 0. The van der Waals surface area contributed by atoms with Crippen molar-refractivity contribution in [1.29, 1.82) is 0 Å². The molecule has 0 aromatic heterocycles. The zero-order valence-electron chi connectivity index (χ0n) is 13.5. The van der Waals surface area contributed by atoms with Crippen molar-refractivity contribution >= 4 is 17.4 Å². The zero-order valence-corrected chi connectivity index (χ0v) is 13.5. The van der Waals surface area contributed by atoms with Gasteiger partial charge in [-0.05, 0) is 44.6 Å². The maximum absolute atomic E-state index is 12.3. The number of nitrogens with zero attached hydrogens (tertiary/aromatic N) is 2. The van der Waals surface area contributed by atoms with E-state index in [0.29, 0.717) is 17.2 Å². The van der Waals surface area contributed by atoms with Crippen LogP contribution in [0.25, 0.3) is 0 Å². The molecule has 1 aliphatic carbocycles. The number of carbonyl (C=O) groups excluding carboxylic acids is 1. The highest BCUT2D eigenvalue weighted by atomic mass is 16.6. The van der Waals surface area contributed by atoms with E-state index in [1.54, 1.807) is 31.0 Å². The SMILES string of the molecule is Cc1ccc(NC(=O)N(C)C2CCC(CO)CC2)cc1[N+](=O)[O-]. The predicted molar refractivity (Wildman–Crippen MR) is 87.4 cm³/mol. The Morgan fingerprint density at radius 1 is 1.39 bits per heavy atom. The zero-order chi connectivity index (χ0) is 17.0. The van der Waals surface area contributed by atoms with E-state index in [0.717, 1.165) is 25.7 Å². The molecule has 1 fully saturated rings. The van der Waals surface area contributed by atoms with Crippen molar-refractivity contribution in [1.82, 2.24) is 4.90 Å². The monoisotopic (exact) mass is 321 g/mol. The first kappa shape index (κ1) is 17.2. The molecular formula is C16H23N3O4. The summed E-state index contributed by atoms with van der Waals surface area (Å²) in [4.78, 5) is 24.5. The van der Waals surface area contributed by atoms with Crippen molar-refractivity contribution in [3.63, 3.8) is 0 Å². The molecule has 0 bridgehead atoms. The molecule has 2 rings (SSSR count). The number of urea groups is 1. The summed E-state index contributed by atoms with van der Waals surface area (Å²) in [5.74, 6) is 0.336. The molecule has 0 saturated heterocycles. The van der Waals surface area contributed by atoms with E-state index in [1.165, 1.54) is 6.07 Å². The lowest BCUT2D eigenvalue weighted by Crippen LogP contribution is -2.42. The molecule has 0 heterocycles. The van der Waals surface area contributed by atoms with E-state index in [9.17, 15) is 14.9 Å². The van der Waals surface area contributed by atoms with Gasteiger partial charge in [0.05, 0.1) is 4.92 Å². The van der Waals surface area contributed by atoms with Crippen molar-refractivity contribution in [2.45, 2.75) is 38.6 Å². The number of benzene rings is 1. The van der Waals surface area contributed by atoms with Gasteiger partial charge in [-0.3, -0.25) is 10.1 Å². The molecule has 7 nitrogen and oxygen atoms in total. The minimum absolute atomic E-state index is 0.00564. The molecule has 0 aliphatic heterocycles. The lowest BCUT2D eigenvalue weighted by Gasteiger charge is -2.34. The van der Waals surface area contributed by atoms with Crippen molar-refractivity contribution in [2.24, 2.45) is 5.92 Å². The molecule has 0 unspecified atom stereocenters. The van der Waals surface area contributed by atoms with Crippen LogP contribution in [0.2, 0.25) is 0 Å². The third-order valence-electron chi connectivity index (χ3n) is 4.60. The van der Waals surface area contributed by atoms with Crippen molar-refractivity contribution in [2.75, 3.05) is 19.0 Å². The molecule has 0 radical (unpaired) electrons. The maximum atomic E-state index is 12.3. The highest BCUT2D eigenvalue weighted by Gasteiger charge is 2.26. The van der Waals surface area contributed by atoms with E-state index in [2.05, 4.69) is 5.32 Å². The summed E-state index contributed by atoms with van der Waals surface area (Å²) in [5, 5.41) is 22.8. The Labute approximate surface area is 135 Å². The van der Waals surface area contributed by atoms with Crippen LogP contribution in [0.15, 0.2) is 18.2 Å². The van der Waals surface area contributed by atoms with E-state index >= 15 is 0 Å². The first-order valence-electron chi connectivity index (χ1n) is 7.82. The van der Waals surface area contributed by atoms with Gasteiger partial charge in [0, 0.05) is 37.0 Å². The summed E-state index contributed by atoms with van der Waals surface area (Å²) in [5.41, 5.74) is 0.973. The smallest absolute Gasteiger partial charge is 0.321 e. The fourth-order valence-corrected chi connectivity index (χ4v) is 2.98. The molecule has 1 saturated carbocycles. The summed E-state index contributed by atoms with van der Waals surface area (Å²) >= 11 is 0. The lowest BCUT2D eigenvalue weighted by molar-refractivity contribution is -0.385. The van der Waals surface area contributed by atoms with Gasteiger partial charge in [-0.15, -0.1) is 0 Å². The standard InChI is InChI=1S/C16H23N3O4/c1-11-3-6-13(9-15(11)19(22)23)17-16(21)18(2)14-7-4-12(10-20)5-8-14/h3,6,9,12,14,20H,4-5,7-8,10H2,1-2H3,(H,17,21). The largest absolute Gasteiger partial charge is 0.396 e. The number of nitro benzene ring substituents is 1. The number of aliphatic hydroxyl groups is 1. The average molecular weight is 321 g/mol. The number of nitrogens with one attached hydrogen (secondary N) is 1. The Morgan fingerprint density at radius 2 is 2.04 bits per heavy atom. The molecule has 2 amide bonds. The molecule has 1 aliphatic rings. The van der Waals surface area contributed by atoms with Gasteiger partial charge < -0.3 is 15.3 Å². The van der Waals surface area contributed by atoms with Crippen LogP contribution < -0.4 is 5.32 Å². The third-order valence-corrected chi connectivity index (χ3v) is 4.60. The molecule has 0 atom stereocenters. The van der Waals surface area contributed by atoms with Gasteiger partial charge >= 0.3 is 6.03 Å². The minimum Gasteiger partial charge on any atom is -0.396 e. The van der Waals surface area contributed by atoms with Crippen LogP contribution in [0, 0.1) is 23.0 Å². The van der Waals surface area contributed by atoms with Gasteiger partial charge in [-0.25, -0.2) is 4.79 Å². The third kappa shape index (κ3) is 4.19. The number of hydrogen-bond donors (Lipinski definition) is 2. The van der Waals surface area contributed by atoms with Gasteiger partial charge in [-0.1, -0.05) is 6.07 Å². The second-order valence-electron chi connectivity index (χ2n) is 6.16. The number of carbonyl (C=O) groups is 1. The molecule has 1 aromatic carbocycles. The van der Waals surface area contributed by atoms with Crippen LogP contribution in [0.4, 0.5) is 16.2 Å². The number of hydrogen-bond acceptors (Lipinski definition) is 4. The Morgan fingerprint density at radius 3 is 2.61 bits per heavy atom. The maximum Gasteiger partial charge on any atom is 0.321 e. The second kappa shape index (κ2) is 7.41. The topological polar surface area (TPSA) is 95.7 Å². The van der Waals surface area contributed by atoms with Crippen molar-refractivity contribution < 1.29 is 14.8 Å². The van der Waals surface area contributed by atoms with Gasteiger partial charge in [0.1, 0.15) is 0 Å². The summed E-state index contributed by atoms with van der Waals surface area (Å²) in [6.45, 7) is 1.87. The number of nitro groups is 1. The number of anilines is 1. The molecule has 2 N–H and O–H groups in total. The average Bonchev–Trinajstić information content (AvgIpc) is 2.55. The fourth-order valence-electron chi connectivity index (χ4n) is 2.98. The summed E-state index contributed by atoms with van der Waals surface area (Å²) in [6.07, 6.45) is 3.55. The van der Waals surface area contributed by atoms with Crippen molar-refractivity contribution in [3.8, 4) is 0 Å². The Hall–Kier alpha value is -2.15. The van der Waals surface area contributed by atoms with Gasteiger partial charge in [0.25, 0.3) is 5.69 Å². The molecule has 126 valence electrons. The Balaban J connectivity index is 1.99. The number of aliphatic hydroxyl groups excluding tert-OH is 1. The van der Waals surface area contributed by atoms with E-state index in [4.69, 9.17) is 5.11 Å². The molecule has 0 spiro atoms. The van der Waals surface area contributed by atoms with E-state index < -0.39 is 4.92 Å². The molecule has 23 heavy (non-hydrogen) atoms. The van der Waals surface area contributed by atoms with E-state index in [-0.39, 0.29) is 24.4 Å². The van der Waals surface area contributed by atoms with Gasteiger partial charge in [0.15, 0.2) is 0 Å². The highest BCUT2D eigenvalue weighted by molar-refractivity contribution is 5.89. The van der Waals surface area contributed by atoms with Gasteiger partial charge in [-0.2, -0.15) is 0 Å². The van der Waals surface area contributed by atoms with E-state index in [1.807, 2.05) is 0 Å². The molecule has 1 aromatic rings. The van der Waals surface area contributed by atoms with Crippen molar-refractivity contribution in [3.05, 3.63) is 33.9 Å². The second-order valence-corrected chi connectivity index (χ2v) is 6.16. The normalized spacial score (nSPS) is 20.8. The molecule has 7 heteroatoms. The minimum atomic E-state index is -0.454. The van der Waals surface area contributed by atoms with Crippen LogP contribution in [0.5, 0.6) is 0 Å². The van der Waals surface area contributed by atoms with Crippen LogP contribution >= 0.6 is 0 Å². The fraction of sp³-hybridized carbons (Fsp3) is 0.562. The van der Waals surface area contributed by atoms with Crippen LogP contribution in [0.3, 0.4) is 0 Å². The first-order valence-corrected chi connectivity index (χ1v) is 7.82. The van der Waals surface area contributed by atoms with Crippen LogP contribution in [-0.4, -0.2) is 40.7 Å². The Kier molecular flexibility index (Phi) is 5.54. The Bertz CT molecular complexity index is 583. The van der Waals surface area contributed by atoms with Gasteiger partial charge in [0.2, 0.25) is 0 Å². The number of amides is 2.